The first-order chi connectivity index (χ1) is 19.9. The summed E-state index contributed by atoms with van der Waals surface area (Å²) in [6.07, 6.45) is 0.494. The Balaban J connectivity index is 1.58. The summed E-state index contributed by atoms with van der Waals surface area (Å²) >= 11 is 0. The molecule has 2 atom stereocenters. The number of aryl methyl sites for hydroxylation is 1. The number of nitrogens with zero attached hydrogens (tertiary/aromatic N) is 4. The second-order valence-corrected chi connectivity index (χ2v) is 12.9. The standard InChI is InChI=1S/C29H39N5O7S/c1-20-9-10-22(15-23(20)17-34-16-21(2)41-25-7-5-6-8-26(25)42(34,37)38)27(29(3,4)28(35)36)40-19-24-18-33(32-31-24)12-14-39-13-11-30/h5-10,15,18,21,27H,11-14,16-17,19,30H2,1-4H3,(H,35,36)/t21-,27-/m1/s1. The molecule has 3 N–H and O–H groups in total. The number of aromatic nitrogens is 3. The smallest absolute Gasteiger partial charge is 0.312 e. The van der Waals surface area contributed by atoms with Gasteiger partial charge in [0.15, 0.2) is 0 Å². The van der Waals surface area contributed by atoms with E-state index in [1.165, 1.54) is 4.31 Å². The Morgan fingerprint density at radius 3 is 2.74 bits per heavy atom. The van der Waals surface area contributed by atoms with Gasteiger partial charge in [-0.3, -0.25) is 4.79 Å². The molecule has 13 heteroatoms. The molecule has 0 saturated carbocycles. The molecule has 12 nitrogen and oxygen atoms in total. The first-order valence-electron chi connectivity index (χ1n) is 13.8. The molecular weight excluding hydrogens is 562 g/mol. The van der Waals surface area contributed by atoms with E-state index < -0.39 is 27.5 Å². The minimum atomic E-state index is -3.85. The molecule has 0 bridgehead atoms. The van der Waals surface area contributed by atoms with Crippen LogP contribution in [0.25, 0.3) is 0 Å². The lowest BCUT2D eigenvalue weighted by Crippen LogP contribution is -2.36. The molecule has 1 aromatic heterocycles. The summed E-state index contributed by atoms with van der Waals surface area (Å²) in [6, 6.07) is 12.1. The van der Waals surface area contributed by atoms with Crippen LogP contribution in [0.4, 0.5) is 0 Å². The van der Waals surface area contributed by atoms with Gasteiger partial charge in [-0.05, 0) is 56.5 Å². The van der Waals surface area contributed by atoms with E-state index in [0.29, 0.717) is 43.3 Å². The van der Waals surface area contributed by atoms with E-state index in [9.17, 15) is 18.3 Å². The predicted molar refractivity (Wildman–Crippen MR) is 154 cm³/mol. The number of carboxylic acids is 1. The van der Waals surface area contributed by atoms with Crippen molar-refractivity contribution in [3.63, 3.8) is 0 Å². The van der Waals surface area contributed by atoms with E-state index >= 15 is 0 Å². The maximum Gasteiger partial charge on any atom is 0.312 e. The molecule has 0 saturated heterocycles. The van der Waals surface area contributed by atoms with Gasteiger partial charge in [0.1, 0.15) is 22.4 Å². The van der Waals surface area contributed by atoms with E-state index in [4.69, 9.17) is 19.9 Å². The SMILES string of the molecule is Cc1ccc([C@@H](OCc2cn(CCOCCN)nn2)C(C)(C)C(=O)O)cc1CN1C[C@@H](C)Oc2ccccc2S1(=O)=O. The van der Waals surface area contributed by atoms with Gasteiger partial charge >= 0.3 is 5.97 Å². The molecule has 42 heavy (non-hydrogen) atoms. The zero-order valence-electron chi connectivity index (χ0n) is 24.4. The highest BCUT2D eigenvalue weighted by Crippen LogP contribution is 2.39. The molecule has 4 rings (SSSR count). The van der Waals surface area contributed by atoms with Gasteiger partial charge in [0, 0.05) is 13.1 Å². The molecule has 2 heterocycles. The number of benzene rings is 2. The van der Waals surface area contributed by atoms with Crippen molar-refractivity contribution in [1.82, 2.24) is 19.3 Å². The summed E-state index contributed by atoms with van der Waals surface area (Å²) < 4.78 is 47.8. The largest absolute Gasteiger partial charge is 0.488 e. The molecule has 0 amide bonds. The molecule has 228 valence electrons. The maximum atomic E-state index is 13.6. The van der Waals surface area contributed by atoms with Crippen molar-refractivity contribution in [1.29, 1.82) is 0 Å². The van der Waals surface area contributed by atoms with Gasteiger partial charge in [-0.1, -0.05) is 35.5 Å². The van der Waals surface area contributed by atoms with Crippen LogP contribution in [0.15, 0.2) is 53.6 Å². The molecule has 0 fully saturated rings. The average Bonchev–Trinajstić information content (AvgIpc) is 3.36. The number of carboxylic acid groups (broad SMARTS) is 1. The van der Waals surface area contributed by atoms with Crippen LogP contribution in [0.3, 0.4) is 0 Å². The fraction of sp³-hybridized carbons (Fsp3) is 0.483. The number of aliphatic carboxylic acids is 1. The van der Waals surface area contributed by atoms with Gasteiger partial charge in [-0.25, -0.2) is 13.1 Å². The molecule has 2 aromatic carbocycles. The van der Waals surface area contributed by atoms with Crippen LogP contribution in [0.5, 0.6) is 5.75 Å². The Labute approximate surface area is 246 Å². The minimum absolute atomic E-state index is 0.0282. The summed E-state index contributed by atoms with van der Waals surface area (Å²) in [4.78, 5) is 12.5. The van der Waals surface area contributed by atoms with Crippen molar-refractivity contribution in [2.45, 2.75) is 64.5 Å². The van der Waals surface area contributed by atoms with E-state index in [0.717, 1.165) is 11.1 Å². The van der Waals surface area contributed by atoms with Crippen molar-refractivity contribution < 1.29 is 32.5 Å². The molecule has 0 spiro atoms. The Morgan fingerprint density at radius 2 is 2.00 bits per heavy atom. The fourth-order valence-electron chi connectivity index (χ4n) is 4.76. The summed E-state index contributed by atoms with van der Waals surface area (Å²) in [6.45, 7) is 9.02. The number of carbonyl (C=O) groups is 1. The van der Waals surface area contributed by atoms with E-state index in [2.05, 4.69) is 10.3 Å². The zero-order valence-corrected chi connectivity index (χ0v) is 25.2. The van der Waals surface area contributed by atoms with Crippen molar-refractivity contribution in [3.8, 4) is 5.75 Å². The lowest BCUT2D eigenvalue weighted by atomic mass is 9.81. The molecule has 3 aromatic rings. The normalized spacial score (nSPS) is 17.7. The Hall–Kier alpha value is -3.36. The summed E-state index contributed by atoms with van der Waals surface area (Å²) in [5, 5.41) is 18.3. The van der Waals surface area contributed by atoms with E-state index in [1.54, 1.807) is 49.0 Å². The van der Waals surface area contributed by atoms with Gasteiger partial charge in [0.05, 0.1) is 50.6 Å². The highest BCUT2D eigenvalue weighted by Gasteiger charge is 2.40. The van der Waals surface area contributed by atoms with Crippen LogP contribution < -0.4 is 10.5 Å². The van der Waals surface area contributed by atoms with Gasteiger partial charge in [0.2, 0.25) is 10.0 Å². The van der Waals surface area contributed by atoms with Gasteiger partial charge < -0.3 is 25.1 Å². The van der Waals surface area contributed by atoms with Crippen molar-refractivity contribution >= 4 is 16.0 Å². The molecular formula is C29H39N5O7S. The third-order valence-electron chi connectivity index (χ3n) is 7.20. The van der Waals surface area contributed by atoms with E-state index in [1.807, 2.05) is 32.0 Å². The second-order valence-electron chi connectivity index (χ2n) is 11.0. The lowest BCUT2D eigenvalue weighted by molar-refractivity contribution is -0.158. The maximum absolute atomic E-state index is 13.6. The van der Waals surface area contributed by atoms with Gasteiger partial charge in [0.25, 0.3) is 0 Å². The number of para-hydroxylation sites is 1. The predicted octanol–water partition coefficient (Wildman–Crippen LogP) is 2.90. The second kappa shape index (κ2) is 13.3. The summed E-state index contributed by atoms with van der Waals surface area (Å²) in [7, 11) is -3.85. The number of rotatable bonds is 13. The van der Waals surface area contributed by atoms with Crippen molar-refractivity contribution in [3.05, 3.63) is 71.0 Å². The fourth-order valence-corrected chi connectivity index (χ4v) is 6.38. The van der Waals surface area contributed by atoms with Crippen LogP contribution in [0.1, 0.15) is 49.3 Å². The average molecular weight is 602 g/mol. The number of nitrogens with two attached hydrogens (primary N) is 1. The Kier molecular flexibility index (Phi) is 10.00. The zero-order chi connectivity index (χ0) is 30.5. The highest BCUT2D eigenvalue weighted by molar-refractivity contribution is 7.89. The van der Waals surface area contributed by atoms with Gasteiger partial charge in [-0.2, -0.15) is 4.31 Å². The van der Waals surface area contributed by atoms with E-state index in [-0.39, 0.29) is 30.7 Å². The summed E-state index contributed by atoms with van der Waals surface area (Å²) in [5.41, 5.74) is 6.88. The highest BCUT2D eigenvalue weighted by atomic mass is 32.2. The number of ether oxygens (including phenoxy) is 3. The van der Waals surface area contributed by atoms with Gasteiger partial charge in [-0.15, -0.1) is 5.10 Å². The van der Waals surface area contributed by atoms with Crippen LogP contribution in [0.2, 0.25) is 0 Å². The monoisotopic (exact) mass is 601 g/mol. The van der Waals surface area contributed by atoms with Crippen LogP contribution in [-0.2, 0) is 44.0 Å². The first-order valence-corrected chi connectivity index (χ1v) is 15.2. The minimum Gasteiger partial charge on any atom is -0.488 e. The van der Waals surface area contributed by atoms with Crippen LogP contribution in [0, 0.1) is 12.3 Å². The van der Waals surface area contributed by atoms with Crippen LogP contribution >= 0.6 is 0 Å². The third kappa shape index (κ3) is 7.16. The number of hydrogen-bond acceptors (Lipinski definition) is 9. The van der Waals surface area contributed by atoms with Crippen LogP contribution in [-0.4, -0.2) is 71.2 Å². The first kappa shape index (κ1) is 31.6. The summed E-state index contributed by atoms with van der Waals surface area (Å²) in [5.74, 6) is -0.706. The topological polar surface area (TPSA) is 159 Å². The van der Waals surface area contributed by atoms with Crippen molar-refractivity contribution in [2.75, 3.05) is 26.3 Å². The number of hydrogen-bond donors (Lipinski definition) is 2. The molecule has 1 aliphatic heterocycles. The quantitative estimate of drug-likeness (QED) is 0.279. The Bertz CT molecular complexity index is 1490. The van der Waals surface area contributed by atoms with Crippen molar-refractivity contribution in [2.24, 2.45) is 11.1 Å². The number of fused-ring (bicyclic) bond motifs is 1. The number of sulfonamides is 1. The third-order valence-corrected chi connectivity index (χ3v) is 9.05. The Morgan fingerprint density at radius 1 is 1.24 bits per heavy atom. The molecule has 0 unspecified atom stereocenters. The molecule has 0 aliphatic carbocycles. The molecule has 1 aliphatic rings. The lowest BCUT2D eigenvalue weighted by Gasteiger charge is -2.31. The molecule has 0 radical (unpaired) electrons.